The van der Waals surface area contributed by atoms with Crippen molar-refractivity contribution in [3.8, 4) is 0 Å². The fourth-order valence-electron chi connectivity index (χ4n) is 2.70. The minimum atomic E-state index is 0.0583. The lowest BCUT2D eigenvalue weighted by Gasteiger charge is -2.30. The number of thiazole rings is 1. The molecule has 1 aromatic heterocycles. The lowest BCUT2D eigenvalue weighted by Crippen LogP contribution is -2.29. The molecule has 2 aromatic rings. The summed E-state index contributed by atoms with van der Waals surface area (Å²) >= 11 is 1.71. The lowest BCUT2D eigenvalue weighted by atomic mass is 9.77. The highest BCUT2D eigenvalue weighted by Gasteiger charge is 2.25. The zero-order valence-corrected chi connectivity index (χ0v) is 11.9. The van der Waals surface area contributed by atoms with Crippen molar-refractivity contribution in [1.29, 1.82) is 0 Å². The average molecular weight is 273 g/mol. The number of hydrogen-bond donors (Lipinski definition) is 2. The second kappa shape index (κ2) is 5.41. The molecule has 3 N–H and O–H groups in total. The van der Waals surface area contributed by atoms with E-state index >= 15 is 0 Å². The first-order valence-electron chi connectivity index (χ1n) is 6.77. The van der Waals surface area contributed by atoms with Crippen molar-refractivity contribution in [3.05, 3.63) is 51.5 Å². The van der Waals surface area contributed by atoms with Crippen LogP contribution in [0.2, 0.25) is 0 Å². The summed E-state index contributed by atoms with van der Waals surface area (Å²) in [5, 5.41) is 1.08. The Morgan fingerprint density at radius 1 is 1.37 bits per heavy atom. The van der Waals surface area contributed by atoms with Crippen LogP contribution in [0.4, 0.5) is 0 Å². The van der Waals surface area contributed by atoms with Gasteiger partial charge in [-0.15, -0.1) is 11.3 Å². The summed E-state index contributed by atoms with van der Waals surface area (Å²) in [7, 11) is 0. The van der Waals surface area contributed by atoms with Crippen molar-refractivity contribution in [3.63, 3.8) is 0 Å². The summed E-state index contributed by atoms with van der Waals surface area (Å²) in [5.74, 6) is 6.51. The quantitative estimate of drug-likeness (QED) is 0.664. The van der Waals surface area contributed by atoms with E-state index in [0.717, 1.165) is 5.01 Å². The molecule has 1 unspecified atom stereocenters. The molecule has 0 saturated heterocycles. The molecule has 1 fully saturated rings. The molecular formula is C15H19N3S. The topological polar surface area (TPSA) is 50.9 Å². The van der Waals surface area contributed by atoms with Crippen LogP contribution in [0, 0.1) is 6.92 Å². The Morgan fingerprint density at radius 3 is 2.74 bits per heavy atom. The summed E-state index contributed by atoms with van der Waals surface area (Å²) in [6, 6.07) is 8.71. The Labute approximate surface area is 117 Å². The average Bonchev–Trinajstić information content (AvgIpc) is 2.77. The molecule has 3 rings (SSSR count). The molecule has 0 aliphatic heterocycles. The Kier molecular flexibility index (Phi) is 3.64. The first-order valence-corrected chi connectivity index (χ1v) is 7.58. The SMILES string of the molecule is Cc1ncc(C(NN)c2ccccc2C2CCC2)s1. The molecule has 19 heavy (non-hydrogen) atoms. The van der Waals surface area contributed by atoms with Crippen LogP contribution in [-0.4, -0.2) is 4.98 Å². The van der Waals surface area contributed by atoms with E-state index in [1.165, 1.54) is 35.3 Å². The first-order chi connectivity index (χ1) is 9.29. The molecule has 1 atom stereocenters. The van der Waals surface area contributed by atoms with Crippen LogP contribution in [0.3, 0.4) is 0 Å². The fraction of sp³-hybridized carbons (Fsp3) is 0.400. The number of nitrogens with one attached hydrogen (secondary N) is 1. The Balaban J connectivity index is 1.99. The highest BCUT2D eigenvalue weighted by Crippen LogP contribution is 2.40. The van der Waals surface area contributed by atoms with Crippen molar-refractivity contribution in [2.24, 2.45) is 5.84 Å². The van der Waals surface area contributed by atoms with Gasteiger partial charge in [0.1, 0.15) is 0 Å². The van der Waals surface area contributed by atoms with E-state index in [1.807, 2.05) is 13.1 Å². The first kappa shape index (κ1) is 12.8. The molecule has 0 bridgehead atoms. The minimum absolute atomic E-state index is 0.0583. The smallest absolute Gasteiger partial charge is 0.0897 e. The number of hydrogen-bond acceptors (Lipinski definition) is 4. The van der Waals surface area contributed by atoms with E-state index in [2.05, 4.69) is 34.7 Å². The molecule has 1 saturated carbocycles. The van der Waals surface area contributed by atoms with Crippen LogP contribution in [0.25, 0.3) is 0 Å². The summed E-state index contributed by atoms with van der Waals surface area (Å²) in [6.07, 6.45) is 5.88. The summed E-state index contributed by atoms with van der Waals surface area (Å²) in [6.45, 7) is 2.03. The Morgan fingerprint density at radius 2 is 2.16 bits per heavy atom. The minimum Gasteiger partial charge on any atom is -0.271 e. The number of rotatable bonds is 4. The molecule has 1 aliphatic carbocycles. The molecule has 0 spiro atoms. The van der Waals surface area contributed by atoms with Crippen molar-refractivity contribution < 1.29 is 0 Å². The van der Waals surface area contributed by atoms with Crippen molar-refractivity contribution in [2.45, 2.75) is 38.1 Å². The molecule has 100 valence electrons. The standard InChI is InChI=1S/C15H19N3S/c1-10-17-9-14(19-10)15(18-16)13-8-3-2-7-12(13)11-5-4-6-11/h2-3,7-9,11,15,18H,4-6,16H2,1H3. The second-order valence-electron chi connectivity index (χ2n) is 5.14. The van der Waals surface area contributed by atoms with E-state index in [1.54, 1.807) is 11.3 Å². The van der Waals surface area contributed by atoms with Crippen LogP contribution in [0.1, 0.15) is 52.2 Å². The van der Waals surface area contributed by atoms with Gasteiger partial charge in [0.15, 0.2) is 0 Å². The predicted octanol–water partition coefficient (Wildman–Crippen LogP) is 3.27. The molecule has 3 nitrogen and oxygen atoms in total. The van der Waals surface area contributed by atoms with Crippen LogP contribution in [0.5, 0.6) is 0 Å². The third-order valence-corrected chi connectivity index (χ3v) is 4.92. The van der Waals surface area contributed by atoms with E-state index in [4.69, 9.17) is 5.84 Å². The van der Waals surface area contributed by atoms with Gasteiger partial charge in [-0.3, -0.25) is 5.84 Å². The molecule has 0 amide bonds. The van der Waals surface area contributed by atoms with Gasteiger partial charge in [-0.05, 0) is 36.8 Å². The highest BCUT2D eigenvalue weighted by molar-refractivity contribution is 7.11. The van der Waals surface area contributed by atoms with E-state index < -0.39 is 0 Å². The maximum atomic E-state index is 5.80. The number of nitrogens with two attached hydrogens (primary N) is 1. The molecular weight excluding hydrogens is 254 g/mol. The summed E-state index contributed by atoms with van der Waals surface area (Å²) < 4.78 is 0. The predicted molar refractivity (Wildman–Crippen MR) is 79.1 cm³/mol. The van der Waals surface area contributed by atoms with Gasteiger partial charge < -0.3 is 0 Å². The Hall–Kier alpha value is -1.23. The van der Waals surface area contributed by atoms with Crippen LogP contribution < -0.4 is 11.3 Å². The molecule has 0 radical (unpaired) electrons. The van der Waals surface area contributed by atoms with Crippen molar-refractivity contribution in [2.75, 3.05) is 0 Å². The van der Waals surface area contributed by atoms with Gasteiger partial charge in [0, 0.05) is 11.1 Å². The van der Waals surface area contributed by atoms with Crippen LogP contribution >= 0.6 is 11.3 Å². The van der Waals surface area contributed by atoms with Gasteiger partial charge >= 0.3 is 0 Å². The van der Waals surface area contributed by atoms with Gasteiger partial charge in [0.2, 0.25) is 0 Å². The monoisotopic (exact) mass is 273 g/mol. The zero-order chi connectivity index (χ0) is 13.2. The largest absolute Gasteiger partial charge is 0.271 e. The number of aryl methyl sites for hydroxylation is 1. The molecule has 4 heteroatoms. The van der Waals surface area contributed by atoms with Gasteiger partial charge in [-0.25, -0.2) is 10.4 Å². The third-order valence-electron chi connectivity index (χ3n) is 3.94. The number of benzene rings is 1. The van der Waals surface area contributed by atoms with Crippen LogP contribution in [-0.2, 0) is 0 Å². The van der Waals surface area contributed by atoms with E-state index in [9.17, 15) is 0 Å². The van der Waals surface area contributed by atoms with E-state index in [-0.39, 0.29) is 6.04 Å². The summed E-state index contributed by atoms with van der Waals surface area (Å²) in [5.41, 5.74) is 5.71. The molecule has 1 heterocycles. The molecule has 1 aromatic carbocycles. The van der Waals surface area contributed by atoms with E-state index in [0.29, 0.717) is 5.92 Å². The van der Waals surface area contributed by atoms with Gasteiger partial charge in [-0.1, -0.05) is 30.7 Å². The zero-order valence-electron chi connectivity index (χ0n) is 11.1. The normalized spacial score (nSPS) is 17.2. The highest BCUT2D eigenvalue weighted by atomic mass is 32.1. The number of nitrogens with zero attached hydrogens (tertiary/aromatic N) is 1. The van der Waals surface area contributed by atoms with Crippen molar-refractivity contribution >= 4 is 11.3 Å². The second-order valence-corrected chi connectivity index (χ2v) is 6.40. The molecule has 1 aliphatic rings. The maximum absolute atomic E-state index is 5.80. The van der Waals surface area contributed by atoms with Gasteiger partial charge in [0.05, 0.1) is 11.0 Å². The van der Waals surface area contributed by atoms with Gasteiger partial charge in [-0.2, -0.15) is 0 Å². The maximum Gasteiger partial charge on any atom is 0.0897 e. The number of aromatic nitrogens is 1. The fourth-order valence-corrected chi connectivity index (χ4v) is 3.57. The van der Waals surface area contributed by atoms with Crippen molar-refractivity contribution in [1.82, 2.24) is 10.4 Å². The number of hydrazine groups is 1. The Bertz CT molecular complexity index is 560. The van der Waals surface area contributed by atoms with Crippen LogP contribution in [0.15, 0.2) is 30.5 Å². The summed E-state index contributed by atoms with van der Waals surface area (Å²) in [4.78, 5) is 5.53. The lowest BCUT2D eigenvalue weighted by molar-refractivity contribution is 0.414. The van der Waals surface area contributed by atoms with Gasteiger partial charge in [0.25, 0.3) is 0 Å². The third kappa shape index (κ3) is 2.43.